The van der Waals surface area contributed by atoms with Gasteiger partial charge in [-0.1, -0.05) is 0 Å². The van der Waals surface area contributed by atoms with Gasteiger partial charge >= 0.3 is 0 Å². The largest absolute Gasteiger partial charge is 0.339 e. The van der Waals surface area contributed by atoms with Crippen LogP contribution in [0, 0.1) is 0 Å². The molecule has 0 bridgehead atoms. The van der Waals surface area contributed by atoms with Gasteiger partial charge in [0.1, 0.15) is 0 Å². The predicted molar refractivity (Wildman–Crippen MR) is 72.0 cm³/mol. The van der Waals surface area contributed by atoms with Crippen LogP contribution in [0.5, 0.6) is 0 Å². The number of hydrogen-bond acceptors (Lipinski definition) is 3. The average molecular weight is 279 g/mol. The first-order chi connectivity index (χ1) is 9.08. The molecule has 4 nitrogen and oxygen atoms in total. The molecule has 0 radical (unpaired) electrons. The number of fused-ring (bicyclic) bond motifs is 1. The topological polar surface area (TPSA) is 54.5 Å². The summed E-state index contributed by atoms with van der Waals surface area (Å²) in [6.45, 7) is 1.63. The molecule has 2 aliphatic rings. The lowest BCUT2D eigenvalue weighted by Gasteiger charge is -2.19. The lowest BCUT2D eigenvalue weighted by molar-refractivity contribution is 0.0792. The van der Waals surface area contributed by atoms with E-state index in [9.17, 15) is 13.2 Å². The van der Waals surface area contributed by atoms with Crippen molar-refractivity contribution < 1.29 is 13.2 Å². The van der Waals surface area contributed by atoms with Crippen LogP contribution in [-0.2, 0) is 16.3 Å². The monoisotopic (exact) mass is 279 g/mol. The molecule has 0 aliphatic carbocycles. The molecular formula is C14H17NO3S. The standard InChI is InChI=1S/C14H17NO3S/c16-14(15-7-1-2-8-15)12-5-6-13-11(10-12)4-3-9-19(13,17)18/h5-6,10H,1-4,7-9H2. The Labute approximate surface area is 113 Å². The number of amides is 1. The van der Waals surface area contributed by atoms with Crippen LogP contribution in [0.15, 0.2) is 23.1 Å². The number of carbonyl (C=O) groups is 1. The van der Waals surface area contributed by atoms with E-state index in [4.69, 9.17) is 0 Å². The second-order valence-corrected chi connectivity index (χ2v) is 7.32. The number of benzene rings is 1. The third-order valence-electron chi connectivity index (χ3n) is 3.89. The molecule has 2 heterocycles. The van der Waals surface area contributed by atoms with Crippen molar-refractivity contribution in [1.82, 2.24) is 4.90 Å². The van der Waals surface area contributed by atoms with Gasteiger partial charge in [-0.3, -0.25) is 4.79 Å². The average Bonchev–Trinajstić information content (AvgIpc) is 2.91. The van der Waals surface area contributed by atoms with Crippen molar-refractivity contribution in [1.29, 1.82) is 0 Å². The van der Waals surface area contributed by atoms with Gasteiger partial charge in [-0.2, -0.15) is 0 Å². The van der Waals surface area contributed by atoms with Crippen LogP contribution in [0.1, 0.15) is 35.2 Å². The number of carbonyl (C=O) groups excluding carboxylic acids is 1. The molecule has 19 heavy (non-hydrogen) atoms. The zero-order valence-corrected chi connectivity index (χ0v) is 11.6. The van der Waals surface area contributed by atoms with Gasteiger partial charge in [0.05, 0.1) is 10.6 Å². The van der Waals surface area contributed by atoms with Crippen LogP contribution < -0.4 is 0 Å². The maximum absolute atomic E-state index is 12.3. The second-order valence-electron chi connectivity index (χ2n) is 5.24. The Kier molecular flexibility index (Phi) is 3.09. The Morgan fingerprint density at radius 1 is 1.11 bits per heavy atom. The molecule has 0 spiro atoms. The van der Waals surface area contributed by atoms with Gasteiger partial charge in [0.25, 0.3) is 5.91 Å². The summed E-state index contributed by atoms with van der Waals surface area (Å²) in [5, 5.41) is 0. The Balaban J connectivity index is 1.95. The van der Waals surface area contributed by atoms with Crippen LogP contribution in [0.2, 0.25) is 0 Å². The first kappa shape index (κ1) is 12.7. The van der Waals surface area contributed by atoms with Crippen LogP contribution in [-0.4, -0.2) is 38.1 Å². The van der Waals surface area contributed by atoms with E-state index in [0.29, 0.717) is 16.9 Å². The fourth-order valence-corrected chi connectivity index (χ4v) is 4.46. The van der Waals surface area contributed by atoms with E-state index in [1.165, 1.54) is 0 Å². The van der Waals surface area contributed by atoms with Crippen LogP contribution in [0.25, 0.3) is 0 Å². The minimum Gasteiger partial charge on any atom is -0.339 e. The number of rotatable bonds is 1. The highest BCUT2D eigenvalue weighted by Crippen LogP contribution is 2.26. The molecule has 0 aromatic heterocycles. The molecular weight excluding hydrogens is 262 g/mol. The van der Waals surface area contributed by atoms with E-state index < -0.39 is 9.84 Å². The van der Waals surface area contributed by atoms with Gasteiger partial charge in [0.2, 0.25) is 0 Å². The Bertz CT molecular complexity index is 616. The van der Waals surface area contributed by atoms with Gasteiger partial charge in [-0.15, -0.1) is 0 Å². The number of likely N-dealkylation sites (tertiary alicyclic amines) is 1. The van der Waals surface area contributed by atoms with E-state index >= 15 is 0 Å². The molecule has 102 valence electrons. The molecule has 1 fully saturated rings. The van der Waals surface area contributed by atoms with Gasteiger partial charge in [0, 0.05) is 18.7 Å². The fourth-order valence-electron chi connectivity index (χ4n) is 2.88. The molecule has 0 unspecified atom stereocenters. The summed E-state index contributed by atoms with van der Waals surface area (Å²) in [6.07, 6.45) is 3.52. The summed E-state index contributed by atoms with van der Waals surface area (Å²) in [7, 11) is -3.13. The number of nitrogens with zero attached hydrogens (tertiary/aromatic N) is 1. The molecule has 5 heteroatoms. The van der Waals surface area contributed by atoms with Gasteiger partial charge in [-0.25, -0.2) is 8.42 Å². The SMILES string of the molecule is O=C(c1ccc2c(c1)CCCS2(=O)=O)N1CCCC1. The third kappa shape index (κ3) is 2.27. The minimum atomic E-state index is -3.13. The van der Waals surface area contributed by atoms with Gasteiger partial charge < -0.3 is 4.90 Å². The summed E-state index contributed by atoms with van der Waals surface area (Å²) in [6, 6.07) is 5.03. The first-order valence-electron chi connectivity index (χ1n) is 6.73. The van der Waals surface area contributed by atoms with E-state index in [-0.39, 0.29) is 11.7 Å². The van der Waals surface area contributed by atoms with E-state index in [1.54, 1.807) is 18.2 Å². The molecule has 1 aromatic rings. The molecule has 2 aliphatic heterocycles. The van der Waals surface area contributed by atoms with Crippen molar-refractivity contribution in [3.05, 3.63) is 29.3 Å². The molecule has 3 rings (SSSR count). The Hall–Kier alpha value is -1.36. The highest BCUT2D eigenvalue weighted by atomic mass is 32.2. The fraction of sp³-hybridized carbons (Fsp3) is 0.500. The van der Waals surface area contributed by atoms with Crippen molar-refractivity contribution in [2.75, 3.05) is 18.8 Å². The Morgan fingerprint density at radius 2 is 1.84 bits per heavy atom. The lowest BCUT2D eigenvalue weighted by Crippen LogP contribution is -2.28. The zero-order chi connectivity index (χ0) is 13.5. The first-order valence-corrected chi connectivity index (χ1v) is 8.38. The van der Waals surface area contributed by atoms with Crippen LogP contribution in [0.3, 0.4) is 0 Å². The normalized spacial score (nSPS) is 21.2. The van der Waals surface area contributed by atoms with Gasteiger partial charge in [-0.05, 0) is 49.4 Å². The van der Waals surface area contributed by atoms with Gasteiger partial charge in [0.15, 0.2) is 9.84 Å². The molecule has 1 saturated heterocycles. The molecule has 0 N–H and O–H groups in total. The van der Waals surface area contributed by atoms with Crippen LogP contribution in [0.4, 0.5) is 0 Å². The minimum absolute atomic E-state index is 0.0308. The smallest absolute Gasteiger partial charge is 0.253 e. The van der Waals surface area contributed by atoms with Crippen molar-refractivity contribution in [2.24, 2.45) is 0 Å². The van der Waals surface area contributed by atoms with E-state index in [1.807, 2.05) is 4.90 Å². The maximum Gasteiger partial charge on any atom is 0.253 e. The Morgan fingerprint density at radius 3 is 2.58 bits per heavy atom. The quantitative estimate of drug-likeness (QED) is 0.785. The van der Waals surface area contributed by atoms with E-state index in [0.717, 1.165) is 37.9 Å². The number of sulfone groups is 1. The van der Waals surface area contributed by atoms with Crippen molar-refractivity contribution in [3.63, 3.8) is 0 Å². The van der Waals surface area contributed by atoms with Crippen LogP contribution >= 0.6 is 0 Å². The summed E-state index contributed by atoms with van der Waals surface area (Å²) >= 11 is 0. The number of hydrogen-bond donors (Lipinski definition) is 0. The van der Waals surface area contributed by atoms with Crippen molar-refractivity contribution in [3.8, 4) is 0 Å². The summed E-state index contributed by atoms with van der Waals surface area (Å²) in [5.74, 6) is 0.252. The molecule has 0 saturated carbocycles. The summed E-state index contributed by atoms with van der Waals surface area (Å²) in [5.41, 5.74) is 1.43. The molecule has 1 aromatic carbocycles. The molecule has 1 amide bonds. The lowest BCUT2D eigenvalue weighted by atomic mass is 10.1. The van der Waals surface area contributed by atoms with E-state index in [2.05, 4.69) is 0 Å². The zero-order valence-electron chi connectivity index (χ0n) is 10.8. The number of aryl methyl sites for hydroxylation is 1. The highest BCUT2D eigenvalue weighted by molar-refractivity contribution is 7.91. The maximum atomic E-state index is 12.3. The highest BCUT2D eigenvalue weighted by Gasteiger charge is 2.26. The van der Waals surface area contributed by atoms with Crippen molar-refractivity contribution >= 4 is 15.7 Å². The summed E-state index contributed by atoms with van der Waals surface area (Å²) in [4.78, 5) is 14.5. The predicted octanol–water partition coefficient (Wildman–Crippen LogP) is 1.64. The summed E-state index contributed by atoms with van der Waals surface area (Å²) < 4.78 is 23.8. The third-order valence-corrected chi connectivity index (χ3v) is 5.79. The second kappa shape index (κ2) is 4.63. The van der Waals surface area contributed by atoms with Crippen molar-refractivity contribution in [2.45, 2.75) is 30.6 Å². The molecule has 0 atom stereocenters.